The van der Waals surface area contributed by atoms with Crippen molar-refractivity contribution in [2.24, 2.45) is 0 Å². The molecule has 6 heteroatoms. The van der Waals surface area contributed by atoms with Crippen LogP contribution in [-0.2, 0) is 0 Å². The summed E-state index contributed by atoms with van der Waals surface area (Å²) >= 11 is 1.59. The molecule has 0 aliphatic rings. The first-order valence-electron chi connectivity index (χ1n) is 8.71. The topological polar surface area (TPSA) is 68.8 Å². The largest absolute Gasteiger partial charge is 0.398 e. The number of hydrogen-bond donors (Lipinski definition) is 2. The first-order valence-corrected chi connectivity index (χ1v) is 9.59. The lowest BCUT2D eigenvalue weighted by atomic mass is 10.1. The van der Waals surface area contributed by atoms with Gasteiger partial charge in [-0.1, -0.05) is 18.2 Å². The Morgan fingerprint density at radius 2 is 1.81 bits per heavy atom. The molecule has 0 saturated heterocycles. The van der Waals surface area contributed by atoms with Crippen molar-refractivity contribution in [3.8, 4) is 16.9 Å². The average molecular weight is 376 g/mol. The van der Waals surface area contributed by atoms with Gasteiger partial charge in [0.2, 0.25) is 0 Å². The number of hydrogen-bond acceptors (Lipinski definition) is 5. The van der Waals surface area contributed by atoms with Gasteiger partial charge in [0.05, 0.1) is 17.7 Å². The highest BCUT2D eigenvalue weighted by molar-refractivity contribution is 7.14. The standard InChI is InChI=1S/C21H21N5S/c1-13-4-9-18(22)15(3)20(13)25-21-24-19(11-27-21)16-5-7-17(8-6-16)26-10-14(2)23-12-26/h4-12H,22H2,1-3H3,(H,24,25). The Bertz CT molecular complexity index is 1090. The zero-order chi connectivity index (χ0) is 19.0. The molecule has 2 heterocycles. The van der Waals surface area contributed by atoms with E-state index in [2.05, 4.69) is 46.9 Å². The lowest BCUT2D eigenvalue weighted by molar-refractivity contribution is 1.06. The normalized spacial score (nSPS) is 10.9. The van der Waals surface area contributed by atoms with Crippen LogP contribution in [0.25, 0.3) is 16.9 Å². The van der Waals surface area contributed by atoms with Gasteiger partial charge in [-0.25, -0.2) is 9.97 Å². The van der Waals surface area contributed by atoms with E-state index in [-0.39, 0.29) is 0 Å². The third kappa shape index (κ3) is 3.44. The first-order chi connectivity index (χ1) is 13.0. The molecule has 0 bridgehead atoms. The summed E-state index contributed by atoms with van der Waals surface area (Å²) < 4.78 is 2.01. The second-order valence-corrected chi connectivity index (χ2v) is 7.46. The number of benzene rings is 2. The summed E-state index contributed by atoms with van der Waals surface area (Å²) in [5.41, 5.74) is 14.2. The summed E-state index contributed by atoms with van der Waals surface area (Å²) in [7, 11) is 0. The Kier molecular flexibility index (Phi) is 4.41. The highest BCUT2D eigenvalue weighted by Gasteiger charge is 2.10. The molecule has 0 aliphatic carbocycles. The second-order valence-electron chi connectivity index (χ2n) is 6.60. The van der Waals surface area contributed by atoms with E-state index in [1.165, 1.54) is 0 Å². The highest BCUT2D eigenvalue weighted by atomic mass is 32.1. The number of nitrogens with two attached hydrogens (primary N) is 1. The number of nitrogens with one attached hydrogen (secondary N) is 1. The number of aryl methyl sites for hydroxylation is 2. The molecule has 2 aromatic heterocycles. The fraction of sp³-hybridized carbons (Fsp3) is 0.143. The quantitative estimate of drug-likeness (QED) is 0.478. The molecular weight excluding hydrogens is 354 g/mol. The summed E-state index contributed by atoms with van der Waals surface area (Å²) in [5, 5.41) is 6.35. The molecule has 0 spiro atoms. The molecule has 136 valence electrons. The van der Waals surface area contributed by atoms with Gasteiger partial charge in [0, 0.05) is 34.2 Å². The number of rotatable bonds is 4. The minimum Gasteiger partial charge on any atom is -0.398 e. The third-order valence-electron chi connectivity index (χ3n) is 4.62. The number of anilines is 3. The van der Waals surface area contributed by atoms with Crippen LogP contribution in [0.15, 0.2) is 54.3 Å². The van der Waals surface area contributed by atoms with E-state index in [9.17, 15) is 0 Å². The fourth-order valence-electron chi connectivity index (χ4n) is 2.99. The Morgan fingerprint density at radius 3 is 2.52 bits per heavy atom. The molecule has 0 atom stereocenters. The molecule has 27 heavy (non-hydrogen) atoms. The number of nitrogens with zero attached hydrogens (tertiary/aromatic N) is 3. The molecular formula is C21H21N5S. The average Bonchev–Trinajstić information content (AvgIpc) is 3.31. The minimum absolute atomic E-state index is 0.783. The second kappa shape index (κ2) is 6.89. The van der Waals surface area contributed by atoms with Crippen LogP contribution in [0.2, 0.25) is 0 Å². The number of aromatic nitrogens is 3. The molecule has 4 rings (SSSR count). The minimum atomic E-state index is 0.783. The number of thiazole rings is 1. The van der Waals surface area contributed by atoms with Gasteiger partial charge < -0.3 is 15.6 Å². The molecule has 0 unspecified atom stereocenters. The van der Waals surface area contributed by atoms with Crippen molar-refractivity contribution >= 4 is 27.8 Å². The predicted molar refractivity (Wildman–Crippen MR) is 113 cm³/mol. The highest BCUT2D eigenvalue weighted by Crippen LogP contribution is 2.32. The van der Waals surface area contributed by atoms with Crippen LogP contribution in [0.3, 0.4) is 0 Å². The molecule has 0 amide bonds. The fourth-order valence-corrected chi connectivity index (χ4v) is 3.72. The van der Waals surface area contributed by atoms with Crippen LogP contribution in [-0.4, -0.2) is 14.5 Å². The van der Waals surface area contributed by atoms with E-state index in [0.717, 1.165) is 50.3 Å². The van der Waals surface area contributed by atoms with Crippen molar-refractivity contribution < 1.29 is 0 Å². The van der Waals surface area contributed by atoms with E-state index < -0.39 is 0 Å². The smallest absolute Gasteiger partial charge is 0.187 e. The Hall–Kier alpha value is -3.12. The maximum atomic E-state index is 6.04. The van der Waals surface area contributed by atoms with Crippen LogP contribution in [0, 0.1) is 20.8 Å². The summed E-state index contributed by atoms with van der Waals surface area (Å²) in [4.78, 5) is 9.01. The van der Waals surface area contributed by atoms with E-state index in [1.54, 1.807) is 11.3 Å². The molecule has 5 nitrogen and oxygen atoms in total. The zero-order valence-electron chi connectivity index (χ0n) is 15.5. The summed E-state index contributed by atoms with van der Waals surface area (Å²) in [6, 6.07) is 12.3. The molecule has 0 radical (unpaired) electrons. The van der Waals surface area contributed by atoms with Gasteiger partial charge >= 0.3 is 0 Å². The Morgan fingerprint density at radius 1 is 1.04 bits per heavy atom. The van der Waals surface area contributed by atoms with Gasteiger partial charge in [-0.15, -0.1) is 11.3 Å². The van der Waals surface area contributed by atoms with Gasteiger partial charge in [0.1, 0.15) is 0 Å². The third-order valence-corrected chi connectivity index (χ3v) is 5.38. The van der Waals surface area contributed by atoms with Crippen molar-refractivity contribution in [3.63, 3.8) is 0 Å². The summed E-state index contributed by atoms with van der Waals surface area (Å²) in [5.74, 6) is 0. The van der Waals surface area contributed by atoms with E-state index in [1.807, 2.05) is 43.1 Å². The maximum Gasteiger partial charge on any atom is 0.187 e. The van der Waals surface area contributed by atoms with E-state index >= 15 is 0 Å². The van der Waals surface area contributed by atoms with Gasteiger partial charge in [0.15, 0.2) is 5.13 Å². The van der Waals surface area contributed by atoms with Crippen molar-refractivity contribution in [3.05, 3.63) is 71.1 Å². The Labute approximate surface area is 162 Å². The maximum absolute atomic E-state index is 6.04. The van der Waals surface area contributed by atoms with Crippen LogP contribution in [0.1, 0.15) is 16.8 Å². The number of imidazole rings is 1. The predicted octanol–water partition coefficient (Wildman–Crippen LogP) is 5.25. The van der Waals surface area contributed by atoms with Crippen LogP contribution < -0.4 is 11.1 Å². The summed E-state index contributed by atoms with van der Waals surface area (Å²) in [6.07, 6.45) is 3.83. The van der Waals surface area contributed by atoms with Gasteiger partial charge in [-0.2, -0.15) is 0 Å². The first kappa shape index (κ1) is 17.3. The van der Waals surface area contributed by atoms with Crippen molar-refractivity contribution in [1.82, 2.24) is 14.5 Å². The van der Waals surface area contributed by atoms with E-state index in [0.29, 0.717) is 0 Å². The van der Waals surface area contributed by atoms with Crippen molar-refractivity contribution in [1.29, 1.82) is 0 Å². The van der Waals surface area contributed by atoms with Gasteiger partial charge in [-0.3, -0.25) is 0 Å². The SMILES string of the molecule is Cc1cn(-c2ccc(-c3csc(Nc4c(C)ccc(N)c4C)n3)cc2)cn1. The molecule has 3 N–H and O–H groups in total. The lowest BCUT2D eigenvalue weighted by Gasteiger charge is -2.12. The number of nitrogen functional groups attached to an aromatic ring is 1. The lowest BCUT2D eigenvalue weighted by Crippen LogP contribution is -1.99. The van der Waals surface area contributed by atoms with Crippen LogP contribution in [0.5, 0.6) is 0 Å². The molecule has 0 saturated carbocycles. The molecule has 2 aromatic carbocycles. The van der Waals surface area contributed by atoms with Crippen molar-refractivity contribution in [2.45, 2.75) is 20.8 Å². The molecule has 0 fully saturated rings. The summed E-state index contributed by atoms with van der Waals surface area (Å²) in [6.45, 7) is 6.08. The zero-order valence-corrected chi connectivity index (χ0v) is 16.3. The van der Waals surface area contributed by atoms with E-state index in [4.69, 9.17) is 10.7 Å². The molecule has 0 aliphatic heterocycles. The van der Waals surface area contributed by atoms with Gasteiger partial charge in [-0.05, 0) is 50.1 Å². The molecule has 4 aromatic rings. The van der Waals surface area contributed by atoms with Crippen LogP contribution in [0.4, 0.5) is 16.5 Å². The van der Waals surface area contributed by atoms with Crippen LogP contribution >= 0.6 is 11.3 Å². The van der Waals surface area contributed by atoms with Gasteiger partial charge in [0.25, 0.3) is 0 Å². The van der Waals surface area contributed by atoms with Crippen molar-refractivity contribution in [2.75, 3.05) is 11.1 Å². The Balaban J connectivity index is 1.57. The monoisotopic (exact) mass is 375 g/mol.